The van der Waals surface area contributed by atoms with Crippen molar-refractivity contribution in [3.8, 4) is 5.75 Å². The van der Waals surface area contributed by atoms with Crippen molar-refractivity contribution < 1.29 is 5.11 Å². The molecule has 1 heteroatoms. The molecule has 1 nitrogen and oxygen atoms in total. The van der Waals surface area contributed by atoms with Gasteiger partial charge in [-0.2, -0.15) is 0 Å². The van der Waals surface area contributed by atoms with E-state index in [1.807, 2.05) is 32.9 Å². The summed E-state index contributed by atoms with van der Waals surface area (Å²) in [6, 6.07) is 3.90. The Morgan fingerprint density at radius 3 is 2.42 bits per heavy atom. The summed E-state index contributed by atoms with van der Waals surface area (Å²) in [7, 11) is 0. The minimum absolute atomic E-state index is 0.385. The number of rotatable bonds is 1. The van der Waals surface area contributed by atoms with Gasteiger partial charge in [-0.15, -0.1) is 0 Å². The van der Waals surface area contributed by atoms with E-state index in [4.69, 9.17) is 0 Å². The first-order valence-electron chi connectivity index (χ1n) is 3.99. The van der Waals surface area contributed by atoms with Crippen molar-refractivity contribution >= 4 is 5.57 Å². The molecular formula is C11H14O. The van der Waals surface area contributed by atoms with Gasteiger partial charge in [-0.25, -0.2) is 0 Å². The molecule has 0 aliphatic rings. The fourth-order valence-corrected chi connectivity index (χ4v) is 1.30. The number of benzene rings is 1. The Morgan fingerprint density at radius 1 is 1.33 bits per heavy atom. The molecule has 0 aliphatic heterocycles. The summed E-state index contributed by atoms with van der Waals surface area (Å²) < 4.78 is 0. The van der Waals surface area contributed by atoms with Gasteiger partial charge in [0.2, 0.25) is 0 Å². The van der Waals surface area contributed by atoms with Crippen LogP contribution in [0.15, 0.2) is 18.7 Å². The molecule has 0 bridgehead atoms. The molecule has 0 saturated carbocycles. The molecule has 1 aromatic rings. The molecule has 64 valence electrons. The van der Waals surface area contributed by atoms with E-state index in [2.05, 4.69) is 6.58 Å². The highest BCUT2D eigenvalue weighted by molar-refractivity contribution is 5.67. The molecule has 0 heterocycles. The lowest BCUT2D eigenvalue weighted by Crippen LogP contribution is -1.87. The number of hydrogen-bond donors (Lipinski definition) is 1. The molecule has 1 aromatic carbocycles. The van der Waals surface area contributed by atoms with Crippen LogP contribution in [0.5, 0.6) is 5.75 Å². The predicted octanol–water partition coefficient (Wildman–Crippen LogP) is 3.04. The molecule has 1 N–H and O–H groups in total. The third-order valence-corrected chi connectivity index (χ3v) is 2.09. The fourth-order valence-electron chi connectivity index (χ4n) is 1.30. The molecule has 0 aliphatic carbocycles. The Hall–Kier alpha value is -1.24. The summed E-state index contributed by atoms with van der Waals surface area (Å²) in [5.74, 6) is 0.385. The molecular weight excluding hydrogens is 148 g/mol. The van der Waals surface area contributed by atoms with Gasteiger partial charge < -0.3 is 5.11 Å². The number of allylic oxidation sites excluding steroid dienone is 1. The minimum Gasteiger partial charge on any atom is -0.507 e. The Morgan fingerprint density at radius 2 is 1.92 bits per heavy atom. The maximum absolute atomic E-state index is 9.59. The van der Waals surface area contributed by atoms with Crippen LogP contribution in [0.1, 0.15) is 23.6 Å². The number of aryl methyl sites for hydroxylation is 1. The van der Waals surface area contributed by atoms with E-state index in [-0.39, 0.29) is 0 Å². The number of phenols is 1. The quantitative estimate of drug-likeness (QED) is 0.673. The monoisotopic (exact) mass is 162 g/mol. The second-order valence-corrected chi connectivity index (χ2v) is 3.18. The van der Waals surface area contributed by atoms with Crippen LogP contribution in [0.3, 0.4) is 0 Å². The first-order chi connectivity index (χ1) is 5.54. The van der Waals surface area contributed by atoms with E-state index >= 15 is 0 Å². The van der Waals surface area contributed by atoms with Crippen LogP contribution in [0.2, 0.25) is 0 Å². The Bertz CT molecular complexity index is 324. The Balaban J connectivity index is 3.36. The van der Waals surface area contributed by atoms with Gasteiger partial charge in [0.25, 0.3) is 0 Å². The predicted molar refractivity (Wildman–Crippen MR) is 52.3 cm³/mol. The molecule has 0 saturated heterocycles. The average molecular weight is 162 g/mol. The molecule has 0 radical (unpaired) electrons. The van der Waals surface area contributed by atoms with Crippen molar-refractivity contribution in [3.63, 3.8) is 0 Å². The smallest absolute Gasteiger partial charge is 0.121 e. The molecule has 0 aromatic heterocycles. The van der Waals surface area contributed by atoms with E-state index in [0.717, 1.165) is 22.3 Å². The summed E-state index contributed by atoms with van der Waals surface area (Å²) in [4.78, 5) is 0. The molecule has 1 rings (SSSR count). The largest absolute Gasteiger partial charge is 0.507 e. The molecule has 0 unspecified atom stereocenters. The molecule has 12 heavy (non-hydrogen) atoms. The summed E-state index contributed by atoms with van der Waals surface area (Å²) in [6.07, 6.45) is 0. The standard InChI is InChI=1S/C11H14O/c1-7(2)10-6-5-8(3)11(12)9(10)4/h5-6,12H,1H2,2-4H3. The van der Waals surface area contributed by atoms with Gasteiger partial charge >= 0.3 is 0 Å². The number of hydrogen-bond acceptors (Lipinski definition) is 1. The van der Waals surface area contributed by atoms with Crippen LogP contribution in [0.4, 0.5) is 0 Å². The fraction of sp³-hybridized carbons (Fsp3) is 0.273. The normalized spacial score (nSPS) is 9.92. The van der Waals surface area contributed by atoms with Crippen molar-refractivity contribution in [3.05, 3.63) is 35.4 Å². The third kappa shape index (κ3) is 1.35. The van der Waals surface area contributed by atoms with Crippen LogP contribution in [0.25, 0.3) is 5.57 Å². The minimum atomic E-state index is 0.385. The summed E-state index contributed by atoms with van der Waals surface area (Å²) in [5.41, 5.74) is 3.86. The van der Waals surface area contributed by atoms with E-state index in [0.29, 0.717) is 5.75 Å². The highest BCUT2D eigenvalue weighted by atomic mass is 16.3. The van der Waals surface area contributed by atoms with Gasteiger partial charge in [-0.3, -0.25) is 0 Å². The van der Waals surface area contributed by atoms with Crippen molar-refractivity contribution in [1.29, 1.82) is 0 Å². The van der Waals surface area contributed by atoms with Crippen molar-refractivity contribution in [1.82, 2.24) is 0 Å². The second-order valence-electron chi connectivity index (χ2n) is 3.18. The van der Waals surface area contributed by atoms with Crippen molar-refractivity contribution in [2.75, 3.05) is 0 Å². The molecule has 0 spiro atoms. The topological polar surface area (TPSA) is 20.2 Å². The lowest BCUT2D eigenvalue weighted by Gasteiger charge is -2.08. The zero-order valence-corrected chi connectivity index (χ0v) is 7.81. The van der Waals surface area contributed by atoms with Crippen LogP contribution < -0.4 is 0 Å². The van der Waals surface area contributed by atoms with Gasteiger partial charge in [-0.05, 0) is 37.5 Å². The van der Waals surface area contributed by atoms with Crippen LogP contribution in [-0.2, 0) is 0 Å². The third-order valence-electron chi connectivity index (χ3n) is 2.09. The first-order valence-corrected chi connectivity index (χ1v) is 3.99. The van der Waals surface area contributed by atoms with Gasteiger partial charge in [0, 0.05) is 0 Å². The highest BCUT2D eigenvalue weighted by Crippen LogP contribution is 2.27. The summed E-state index contributed by atoms with van der Waals surface area (Å²) in [6.45, 7) is 9.59. The number of aromatic hydroxyl groups is 1. The maximum Gasteiger partial charge on any atom is 0.121 e. The SMILES string of the molecule is C=C(C)c1ccc(C)c(O)c1C. The summed E-state index contributed by atoms with van der Waals surface area (Å²) in [5, 5.41) is 9.59. The van der Waals surface area contributed by atoms with Crippen molar-refractivity contribution in [2.45, 2.75) is 20.8 Å². The van der Waals surface area contributed by atoms with E-state index < -0.39 is 0 Å². The van der Waals surface area contributed by atoms with Gasteiger partial charge in [0.1, 0.15) is 5.75 Å². The second kappa shape index (κ2) is 3.02. The average Bonchev–Trinajstić information content (AvgIpc) is 2.00. The van der Waals surface area contributed by atoms with Gasteiger partial charge in [0.05, 0.1) is 0 Å². The van der Waals surface area contributed by atoms with Crippen LogP contribution >= 0.6 is 0 Å². The summed E-state index contributed by atoms with van der Waals surface area (Å²) >= 11 is 0. The van der Waals surface area contributed by atoms with E-state index in [9.17, 15) is 5.11 Å². The van der Waals surface area contributed by atoms with Gasteiger partial charge in [0.15, 0.2) is 0 Å². The van der Waals surface area contributed by atoms with Crippen LogP contribution in [0, 0.1) is 13.8 Å². The highest BCUT2D eigenvalue weighted by Gasteiger charge is 2.05. The van der Waals surface area contributed by atoms with E-state index in [1.165, 1.54) is 0 Å². The van der Waals surface area contributed by atoms with Gasteiger partial charge in [-0.1, -0.05) is 24.3 Å². The lowest BCUT2D eigenvalue weighted by molar-refractivity contribution is 0.466. The zero-order chi connectivity index (χ0) is 9.30. The molecule has 0 fully saturated rings. The molecule has 0 amide bonds. The Kier molecular flexibility index (Phi) is 2.22. The van der Waals surface area contributed by atoms with E-state index in [1.54, 1.807) is 0 Å². The molecule has 0 atom stereocenters. The zero-order valence-electron chi connectivity index (χ0n) is 7.81. The first kappa shape index (κ1) is 8.85. The van der Waals surface area contributed by atoms with Crippen molar-refractivity contribution in [2.24, 2.45) is 0 Å². The Labute approximate surface area is 73.4 Å². The lowest BCUT2D eigenvalue weighted by atomic mass is 10.00. The number of phenolic OH excluding ortho intramolecular Hbond substituents is 1. The maximum atomic E-state index is 9.59. The van der Waals surface area contributed by atoms with Crippen LogP contribution in [-0.4, -0.2) is 5.11 Å².